The van der Waals surface area contributed by atoms with Crippen molar-refractivity contribution in [2.75, 3.05) is 52.4 Å². The van der Waals surface area contributed by atoms with Crippen molar-refractivity contribution in [2.24, 2.45) is 0 Å². The van der Waals surface area contributed by atoms with Crippen LogP contribution in [0.15, 0.2) is 0 Å². The molecule has 0 aliphatic carbocycles. The van der Waals surface area contributed by atoms with E-state index in [2.05, 4.69) is 21.3 Å². The molecule has 2 saturated heterocycles. The fraction of sp³-hybridized carbons (Fsp3) is 1.00. The molecule has 0 spiro atoms. The Hall–Kier alpha value is 1.29. The minimum Gasteiger partial charge on any atom is -1.00 e. The Bertz CT molecular complexity index is 91.7. The number of nitrogens with one attached hydrogen (secondary N) is 4. The van der Waals surface area contributed by atoms with Crippen LogP contribution < -0.4 is 55.2 Å². The molecule has 7 heteroatoms. The molecule has 0 radical (unpaired) electrons. The Balaban J connectivity index is -0.000000233. The summed E-state index contributed by atoms with van der Waals surface area (Å²) in [6, 6.07) is 0. The molecular weight excluding hydrogens is 419 g/mol. The first-order valence-corrected chi connectivity index (χ1v) is 6.83. The normalized spacial score (nSPS) is 20.2. The van der Waals surface area contributed by atoms with Gasteiger partial charge in [0.1, 0.15) is 0 Å². The standard InChI is InChI=1S/2C6H14N2.2BrH.Ni/c2*1-3-7-5-2-6-8-4-1;;;/h2*7-8H,1-6H2;2*1H;/q;;;;+2/p-2. The zero-order valence-electron chi connectivity index (χ0n) is 11.6. The van der Waals surface area contributed by atoms with Crippen LogP contribution in [0.5, 0.6) is 0 Å². The topological polar surface area (TPSA) is 48.1 Å². The van der Waals surface area contributed by atoms with Gasteiger partial charge in [0.25, 0.3) is 0 Å². The van der Waals surface area contributed by atoms with E-state index in [1.54, 1.807) is 0 Å². The van der Waals surface area contributed by atoms with Crippen molar-refractivity contribution in [2.45, 2.75) is 25.7 Å². The average molecular weight is 447 g/mol. The molecule has 0 aromatic carbocycles. The summed E-state index contributed by atoms with van der Waals surface area (Å²) < 4.78 is 0. The largest absolute Gasteiger partial charge is 2.00 e. The Kier molecular flexibility index (Phi) is 28.7. The second-order valence-corrected chi connectivity index (χ2v) is 4.41. The van der Waals surface area contributed by atoms with Crippen LogP contribution in [0.4, 0.5) is 0 Å². The van der Waals surface area contributed by atoms with Crippen molar-refractivity contribution < 1.29 is 50.5 Å². The maximum Gasteiger partial charge on any atom is 2.00 e. The third kappa shape index (κ3) is 19.3. The van der Waals surface area contributed by atoms with E-state index in [4.69, 9.17) is 0 Å². The summed E-state index contributed by atoms with van der Waals surface area (Å²) in [7, 11) is 0. The van der Waals surface area contributed by atoms with E-state index in [1.807, 2.05) is 0 Å². The van der Waals surface area contributed by atoms with E-state index in [0.717, 1.165) is 0 Å². The molecule has 0 atom stereocenters. The fourth-order valence-electron chi connectivity index (χ4n) is 1.85. The second-order valence-electron chi connectivity index (χ2n) is 4.41. The molecule has 4 N–H and O–H groups in total. The summed E-state index contributed by atoms with van der Waals surface area (Å²) in [5.41, 5.74) is 0. The predicted molar refractivity (Wildman–Crippen MR) is 69.9 cm³/mol. The zero-order chi connectivity index (χ0) is 11.3. The number of hydrogen-bond donors (Lipinski definition) is 4. The molecule has 2 aliphatic rings. The summed E-state index contributed by atoms with van der Waals surface area (Å²) in [6.07, 6.45) is 5.11. The van der Waals surface area contributed by atoms with Crippen LogP contribution in [0.2, 0.25) is 0 Å². The van der Waals surface area contributed by atoms with Gasteiger partial charge in [-0.05, 0) is 78.0 Å². The van der Waals surface area contributed by atoms with Crippen molar-refractivity contribution in [1.29, 1.82) is 0 Å². The van der Waals surface area contributed by atoms with Gasteiger partial charge < -0.3 is 55.2 Å². The van der Waals surface area contributed by atoms with Gasteiger partial charge in [-0.1, -0.05) is 0 Å². The minimum atomic E-state index is 0. The predicted octanol–water partition coefficient (Wildman–Crippen LogP) is -6.08. The third-order valence-electron chi connectivity index (χ3n) is 2.83. The Morgan fingerprint density at radius 1 is 0.368 bits per heavy atom. The Labute approximate surface area is 149 Å². The smallest absolute Gasteiger partial charge is 1.00 e. The van der Waals surface area contributed by atoms with Gasteiger partial charge in [-0.25, -0.2) is 0 Å². The van der Waals surface area contributed by atoms with Crippen LogP contribution in [-0.4, -0.2) is 52.4 Å². The first-order chi connectivity index (χ1) is 8.00. The molecular formula is C12H28Br2N4Ni. The molecule has 2 heterocycles. The molecule has 0 amide bonds. The van der Waals surface area contributed by atoms with Crippen molar-refractivity contribution in [3.63, 3.8) is 0 Å². The van der Waals surface area contributed by atoms with E-state index in [9.17, 15) is 0 Å². The van der Waals surface area contributed by atoms with Gasteiger partial charge >= 0.3 is 16.5 Å². The van der Waals surface area contributed by atoms with E-state index in [-0.39, 0.29) is 50.5 Å². The molecule has 4 nitrogen and oxygen atoms in total. The number of rotatable bonds is 0. The molecule has 0 aromatic rings. The van der Waals surface area contributed by atoms with Crippen molar-refractivity contribution in [1.82, 2.24) is 21.3 Å². The third-order valence-corrected chi connectivity index (χ3v) is 2.83. The minimum absolute atomic E-state index is 0. The molecule has 0 aromatic heterocycles. The van der Waals surface area contributed by atoms with Gasteiger partial charge in [0, 0.05) is 0 Å². The first-order valence-electron chi connectivity index (χ1n) is 6.83. The molecule has 2 rings (SSSR count). The van der Waals surface area contributed by atoms with Gasteiger partial charge in [0.2, 0.25) is 0 Å². The summed E-state index contributed by atoms with van der Waals surface area (Å²) in [5, 5.41) is 13.4. The summed E-state index contributed by atoms with van der Waals surface area (Å²) in [4.78, 5) is 0. The summed E-state index contributed by atoms with van der Waals surface area (Å²) in [6.45, 7) is 9.50. The van der Waals surface area contributed by atoms with E-state index < -0.39 is 0 Å². The molecule has 2 fully saturated rings. The quantitative estimate of drug-likeness (QED) is 0.280. The number of hydrogen-bond acceptors (Lipinski definition) is 4. The van der Waals surface area contributed by atoms with Gasteiger partial charge in [0.05, 0.1) is 0 Å². The van der Waals surface area contributed by atoms with Gasteiger partial charge in [-0.15, -0.1) is 0 Å². The molecule has 0 unspecified atom stereocenters. The molecule has 0 saturated carbocycles. The zero-order valence-corrected chi connectivity index (χ0v) is 15.7. The van der Waals surface area contributed by atoms with Crippen LogP contribution in [0.1, 0.15) is 25.7 Å². The Morgan fingerprint density at radius 2 is 0.526 bits per heavy atom. The van der Waals surface area contributed by atoms with Crippen LogP contribution in [-0.2, 0) is 16.5 Å². The summed E-state index contributed by atoms with van der Waals surface area (Å²) >= 11 is 0. The van der Waals surface area contributed by atoms with Crippen LogP contribution in [0.25, 0.3) is 0 Å². The average Bonchev–Trinajstić information content (AvgIpc) is 2.15. The van der Waals surface area contributed by atoms with E-state index in [0.29, 0.717) is 0 Å². The Morgan fingerprint density at radius 3 is 0.684 bits per heavy atom. The van der Waals surface area contributed by atoms with Crippen LogP contribution in [0.3, 0.4) is 0 Å². The van der Waals surface area contributed by atoms with Crippen molar-refractivity contribution >= 4 is 0 Å². The first kappa shape index (κ1) is 25.3. The van der Waals surface area contributed by atoms with Crippen LogP contribution in [0, 0.1) is 0 Å². The van der Waals surface area contributed by atoms with Gasteiger partial charge in [0.15, 0.2) is 0 Å². The monoisotopic (exact) mass is 444 g/mol. The van der Waals surface area contributed by atoms with E-state index in [1.165, 1.54) is 78.0 Å². The maximum atomic E-state index is 3.35. The SMILES string of the molecule is C1CNCCCNC1.C1CNCCCNC1.[Br-].[Br-].[Ni+2]. The van der Waals surface area contributed by atoms with Crippen LogP contribution >= 0.6 is 0 Å². The van der Waals surface area contributed by atoms with Gasteiger partial charge in [-0.2, -0.15) is 0 Å². The van der Waals surface area contributed by atoms with Gasteiger partial charge in [-0.3, -0.25) is 0 Å². The molecule has 0 bridgehead atoms. The number of halogens is 2. The second kappa shape index (κ2) is 21.6. The van der Waals surface area contributed by atoms with Crippen molar-refractivity contribution in [3.05, 3.63) is 0 Å². The fourth-order valence-corrected chi connectivity index (χ4v) is 1.85. The maximum absolute atomic E-state index is 3.35. The molecule has 120 valence electrons. The van der Waals surface area contributed by atoms with E-state index >= 15 is 0 Å². The molecule has 2 aliphatic heterocycles. The van der Waals surface area contributed by atoms with Crippen molar-refractivity contribution in [3.8, 4) is 0 Å². The molecule has 19 heavy (non-hydrogen) atoms. The summed E-state index contributed by atoms with van der Waals surface area (Å²) in [5.74, 6) is 0.